The number of piperidine rings is 1. The van der Waals surface area contributed by atoms with E-state index < -0.39 is 6.03 Å². The number of para-hydroxylation sites is 1. The first kappa shape index (κ1) is 19.0. The maximum absolute atomic E-state index is 10.8. The number of nitrogens with two attached hydrogens (primary N) is 1. The van der Waals surface area contributed by atoms with Crippen LogP contribution in [-0.4, -0.2) is 34.3 Å². The lowest BCUT2D eigenvalue weighted by molar-refractivity contribution is 0.224. The normalized spacial score (nSPS) is 15.6. The van der Waals surface area contributed by atoms with E-state index >= 15 is 0 Å². The molecule has 0 aliphatic carbocycles. The minimum Gasteiger partial charge on any atom is -0.431 e. The fraction of sp³-hybridized carbons (Fsp3) is 0.300. The molecule has 1 aliphatic rings. The van der Waals surface area contributed by atoms with Gasteiger partial charge in [-0.3, -0.25) is 9.62 Å². The Morgan fingerprint density at radius 2 is 1.96 bits per heavy atom. The number of amides is 2. The molecular formula is C20H22N4O2S2. The first-order chi connectivity index (χ1) is 13.7. The third-order valence-corrected chi connectivity index (χ3v) is 6.71. The number of aromatic nitrogens is 1. The summed E-state index contributed by atoms with van der Waals surface area (Å²) in [6.07, 6.45) is 2.09. The molecule has 8 heteroatoms. The summed E-state index contributed by atoms with van der Waals surface area (Å²) in [5.74, 6) is 0.801. The van der Waals surface area contributed by atoms with E-state index in [2.05, 4.69) is 32.8 Å². The Hall–Kier alpha value is -2.29. The molecule has 0 bridgehead atoms. The van der Waals surface area contributed by atoms with Crippen molar-refractivity contribution in [2.45, 2.75) is 24.6 Å². The van der Waals surface area contributed by atoms with Crippen molar-refractivity contribution in [3.05, 3.63) is 54.1 Å². The van der Waals surface area contributed by atoms with Crippen LogP contribution in [-0.2, 0) is 6.54 Å². The van der Waals surface area contributed by atoms with Crippen LogP contribution in [0.5, 0.6) is 10.9 Å². The Morgan fingerprint density at radius 1 is 1.21 bits per heavy atom. The molecule has 0 unspecified atom stereocenters. The smallest absolute Gasteiger partial charge is 0.322 e. The topological polar surface area (TPSA) is 80.5 Å². The van der Waals surface area contributed by atoms with Crippen LogP contribution in [0.15, 0.2) is 48.5 Å². The maximum atomic E-state index is 10.8. The average Bonchev–Trinajstić information content (AvgIpc) is 3.11. The lowest BCUT2D eigenvalue weighted by Crippen LogP contribution is -2.36. The van der Waals surface area contributed by atoms with Crippen LogP contribution in [0, 0.1) is 0 Å². The van der Waals surface area contributed by atoms with Crippen molar-refractivity contribution < 1.29 is 9.53 Å². The predicted molar refractivity (Wildman–Crippen MR) is 115 cm³/mol. The van der Waals surface area contributed by atoms with Crippen LogP contribution in [0.3, 0.4) is 0 Å². The van der Waals surface area contributed by atoms with E-state index in [9.17, 15) is 4.79 Å². The van der Waals surface area contributed by atoms with Gasteiger partial charge in [-0.05, 0) is 67.7 Å². The number of nitrogens with zero attached hydrogens (tertiary/aromatic N) is 2. The largest absolute Gasteiger partial charge is 0.431 e. The van der Waals surface area contributed by atoms with E-state index in [4.69, 9.17) is 10.5 Å². The van der Waals surface area contributed by atoms with Crippen LogP contribution < -0.4 is 15.2 Å². The fourth-order valence-corrected chi connectivity index (χ4v) is 4.81. The summed E-state index contributed by atoms with van der Waals surface area (Å²) >= 11 is 3.00. The number of hydrogen-bond acceptors (Lipinski definition) is 6. The number of carbonyl (C=O) groups is 1. The number of fused-ring (bicyclic) bond motifs is 1. The summed E-state index contributed by atoms with van der Waals surface area (Å²) in [5.41, 5.74) is 7.35. The Balaban J connectivity index is 1.28. The third kappa shape index (κ3) is 4.95. The van der Waals surface area contributed by atoms with Gasteiger partial charge in [0, 0.05) is 11.8 Å². The first-order valence-corrected chi connectivity index (χ1v) is 10.9. The Bertz CT molecular complexity index is 904. The van der Waals surface area contributed by atoms with Crippen molar-refractivity contribution in [1.29, 1.82) is 0 Å². The standard InChI is InChI=1S/C20H22N4O2S2/c21-19(25)23-28-16-9-11-24(12-10-16)13-14-5-7-15(8-6-14)26-20-22-17-3-1-2-4-18(17)27-20/h1-8,16H,9-13H2,(H3,21,23,25). The highest BCUT2D eigenvalue weighted by atomic mass is 32.2. The molecule has 2 amide bonds. The first-order valence-electron chi connectivity index (χ1n) is 9.21. The second-order valence-corrected chi connectivity index (χ2v) is 8.85. The number of urea groups is 1. The lowest BCUT2D eigenvalue weighted by atomic mass is 10.1. The molecule has 2 aromatic carbocycles. The predicted octanol–water partition coefficient (Wildman–Crippen LogP) is 4.37. The van der Waals surface area contributed by atoms with Gasteiger partial charge in [-0.2, -0.15) is 0 Å². The minimum atomic E-state index is -0.472. The summed E-state index contributed by atoms with van der Waals surface area (Å²) in [4.78, 5) is 17.7. The molecule has 0 radical (unpaired) electrons. The highest BCUT2D eigenvalue weighted by Crippen LogP contribution is 2.31. The molecule has 1 saturated heterocycles. The Kier molecular flexibility index (Phi) is 5.99. The third-order valence-electron chi connectivity index (χ3n) is 4.67. The van der Waals surface area contributed by atoms with Gasteiger partial charge in [-0.15, -0.1) is 0 Å². The molecule has 3 aromatic rings. The highest BCUT2D eigenvalue weighted by Gasteiger charge is 2.20. The van der Waals surface area contributed by atoms with E-state index in [-0.39, 0.29) is 0 Å². The Labute approximate surface area is 172 Å². The average molecular weight is 415 g/mol. The van der Waals surface area contributed by atoms with E-state index in [1.807, 2.05) is 30.3 Å². The highest BCUT2D eigenvalue weighted by molar-refractivity contribution is 7.98. The number of benzene rings is 2. The van der Waals surface area contributed by atoms with Gasteiger partial charge in [0.15, 0.2) is 0 Å². The van der Waals surface area contributed by atoms with Crippen LogP contribution in [0.25, 0.3) is 10.2 Å². The van der Waals surface area contributed by atoms with Crippen molar-refractivity contribution in [3.63, 3.8) is 0 Å². The number of ether oxygens (including phenoxy) is 1. The lowest BCUT2D eigenvalue weighted by Gasteiger charge is -2.31. The zero-order valence-electron chi connectivity index (χ0n) is 15.3. The van der Waals surface area contributed by atoms with Crippen LogP contribution >= 0.6 is 23.3 Å². The van der Waals surface area contributed by atoms with Crippen molar-refractivity contribution in [2.24, 2.45) is 5.73 Å². The van der Waals surface area contributed by atoms with Gasteiger partial charge < -0.3 is 10.5 Å². The molecule has 0 atom stereocenters. The summed E-state index contributed by atoms with van der Waals surface area (Å²) in [6, 6.07) is 15.8. The fourth-order valence-electron chi connectivity index (χ4n) is 3.24. The van der Waals surface area contributed by atoms with Crippen LogP contribution in [0.2, 0.25) is 0 Å². The SMILES string of the molecule is NC(=O)NSC1CCN(Cc2ccc(Oc3nc4ccccc4s3)cc2)CC1. The van der Waals surface area contributed by atoms with Crippen molar-refractivity contribution >= 4 is 39.5 Å². The minimum absolute atomic E-state index is 0.438. The van der Waals surface area contributed by atoms with E-state index in [1.165, 1.54) is 17.5 Å². The Morgan fingerprint density at radius 3 is 2.68 bits per heavy atom. The van der Waals surface area contributed by atoms with Gasteiger partial charge in [0.1, 0.15) is 5.75 Å². The second kappa shape index (κ2) is 8.81. The molecule has 2 heterocycles. The van der Waals surface area contributed by atoms with E-state index in [1.54, 1.807) is 11.3 Å². The zero-order valence-corrected chi connectivity index (χ0v) is 17.0. The monoisotopic (exact) mass is 414 g/mol. The number of hydrogen-bond donors (Lipinski definition) is 2. The molecular weight excluding hydrogens is 392 g/mol. The quantitative estimate of drug-likeness (QED) is 0.586. The summed E-state index contributed by atoms with van der Waals surface area (Å²) in [5, 5.41) is 1.10. The molecule has 3 N–H and O–H groups in total. The van der Waals surface area contributed by atoms with Gasteiger partial charge in [0.2, 0.25) is 0 Å². The summed E-state index contributed by atoms with van der Waals surface area (Å²) in [7, 11) is 0. The van der Waals surface area contributed by atoms with Crippen molar-refractivity contribution in [3.8, 4) is 10.9 Å². The molecule has 1 fully saturated rings. The number of nitrogens with one attached hydrogen (secondary N) is 1. The number of carbonyl (C=O) groups excluding carboxylic acids is 1. The van der Waals surface area contributed by atoms with Crippen molar-refractivity contribution in [2.75, 3.05) is 13.1 Å². The van der Waals surface area contributed by atoms with E-state index in [0.29, 0.717) is 10.4 Å². The second-order valence-electron chi connectivity index (χ2n) is 6.75. The van der Waals surface area contributed by atoms with Crippen LogP contribution in [0.1, 0.15) is 18.4 Å². The molecule has 6 nitrogen and oxygen atoms in total. The van der Waals surface area contributed by atoms with Gasteiger partial charge in [-0.25, -0.2) is 9.78 Å². The van der Waals surface area contributed by atoms with Crippen LogP contribution in [0.4, 0.5) is 4.79 Å². The molecule has 28 heavy (non-hydrogen) atoms. The molecule has 146 valence electrons. The number of likely N-dealkylation sites (tertiary alicyclic amines) is 1. The zero-order chi connectivity index (χ0) is 19.3. The van der Waals surface area contributed by atoms with Gasteiger partial charge in [0.25, 0.3) is 5.19 Å². The molecule has 0 spiro atoms. The van der Waals surface area contributed by atoms with Gasteiger partial charge in [0.05, 0.1) is 10.2 Å². The van der Waals surface area contributed by atoms with Crippen molar-refractivity contribution in [1.82, 2.24) is 14.6 Å². The van der Waals surface area contributed by atoms with Gasteiger partial charge >= 0.3 is 6.03 Å². The molecule has 1 aliphatic heterocycles. The molecule has 4 rings (SSSR count). The number of rotatable bonds is 6. The summed E-state index contributed by atoms with van der Waals surface area (Å²) < 4.78 is 9.67. The van der Waals surface area contributed by atoms with E-state index in [0.717, 1.165) is 48.4 Å². The molecule has 1 aromatic heterocycles. The van der Waals surface area contributed by atoms with Gasteiger partial charge in [-0.1, -0.05) is 35.6 Å². The number of primary amides is 1. The summed E-state index contributed by atoms with van der Waals surface area (Å²) in [6.45, 7) is 2.95. The number of thiazole rings is 1. The molecule has 0 saturated carbocycles. The maximum Gasteiger partial charge on any atom is 0.322 e.